The molecule has 0 aliphatic rings. The molecule has 3 aromatic rings. The van der Waals surface area contributed by atoms with Crippen LogP contribution in [-0.4, -0.2) is 29.9 Å². The van der Waals surface area contributed by atoms with Gasteiger partial charge in [0.2, 0.25) is 0 Å². The minimum atomic E-state index is -4.64. The molecule has 0 radical (unpaired) electrons. The predicted molar refractivity (Wildman–Crippen MR) is 110 cm³/mol. The van der Waals surface area contributed by atoms with E-state index in [0.717, 1.165) is 11.6 Å². The molecule has 0 N–H and O–H groups in total. The van der Waals surface area contributed by atoms with Crippen LogP contribution in [0.3, 0.4) is 0 Å². The van der Waals surface area contributed by atoms with Crippen molar-refractivity contribution < 1.29 is 17.9 Å². The molecule has 0 aliphatic heterocycles. The first kappa shape index (κ1) is 21.6. The number of aromatic nitrogens is 2. The molecule has 0 saturated carbocycles. The van der Waals surface area contributed by atoms with Crippen molar-refractivity contribution in [3.05, 3.63) is 80.7 Å². The third-order valence-electron chi connectivity index (χ3n) is 4.37. The van der Waals surface area contributed by atoms with E-state index in [1.807, 2.05) is 6.07 Å². The fourth-order valence-corrected chi connectivity index (χ4v) is 3.33. The summed E-state index contributed by atoms with van der Waals surface area (Å²) in [7, 11) is 3.02. The molecule has 9 heteroatoms. The van der Waals surface area contributed by atoms with Crippen LogP contribution in [0.25, 0.3) is 11.4 Å². The molecule has 0 unspecified atom stereocenters. The fraction of sp³-hybridized carbons (Fsp3) is 0.190. The smallest absolute Gasteiger partial charge is 0.417 e. The van der Waals surface area contributed by atoms with Gasteiger partial charge in [-0.15, -0.1) is 0 Å². The Balaban J connectivity index is 2.25. The maximum atomic E-state index is 13.3. The molecule has 5 nitrogen and oxygen atoms in total. The normalized spacial score (nSPS) is 11.8. The van der Waals surface area contributed by atoms with Gasteiger partial charge in [-0.3, -0.25) is 9.79 Å². The van der Waals surface area contributed by atoms with E-state index in [1.165, 1.54) is 38.7 Å². The van der Waals surface area contributed by atoms with Gasteiger partial charge in [-0.25, -0.2) is 0 Å². The van der Waals surface area contributed by atoms with Crippen molar-refractivity contribution in [3.63, 3.8) is 0 Å². The van der Waals surface area contributed by atoms with E-state index in [1.54, 1.807) is 22.8 Å². The highest BCUT2D eigenvalue weighted by atomic mass is 35.5. The van der Waals surface area contributed by atoms with Gasteiger partial charge >= 0.3 is 6.18 Å². The largest absolute Gasteiger partial charge is 0.496 e. The quantitative estimate of drug-likeness (QED) is 0.546. The summed E-state index contributed by atoms with van der Waals surface area (Å²) in [5.74, 6) is 0.596. The number of methoxy groups -OCH3 is 1. The van der Waals surface area contributed by atoms with E-state index in [2.05, 4.69) is 9.98 Å². The second-order valence-corrected chi connectivity index (χ2v) is 6.69. The third-order valence-corrected chi connectivity index (χ3v) is 4.77. The maximum absolute atomic E-state index is 13.3. The maximum Gasteiger partial charge on any atom is 0.417 e. The van der Waals surface area contributed by atoms with E-state index >= 15 is 0 Å². The Bertz CT molecular complexity index is 1160. The standard InChI is InChI=1S/C21H17ClF3N3O2/c1-26-10-14-12-28(11-13-6-3-4-9-17(13)30-2)19(27-20(14)29)15-7-5-8-16(18(15)22)21(23,24)25/h3-10,12H,11H2,1-2H3/b26-10+. The number of alkyl halides is 3. The monoisotopic (exact) mass is 435 g/mol. The zero-order valence-electron chi connectivity index (χ0n) is 16.1. The van der Waals surface area contributed by atoms with E-state index in [-0.39, 0.29) is 23.5 Å². The SMILES string of the molecule is C/N=C/c1cn(Cc2ccccc2OC)c(-c2cccc(C(F)(F)F)c2Cl)nc1=O. The Morgan fingerprint density at radius 1 is 1.20 bits per heavy atom. The lowest BCUT2D eigenvalue weighted by molar-refractivity contribution is -0.137. The van der Waals surface area contributed by atoms with E-state index in [9.17, 15) is 18.0 Å². The second kappa shape index (κ2) is 8.71. The lowest BCUT2D eigenvalue weighted by atomic mass is 10.1. The first-order valence-corrected chi connectivity index (χ1v) is 9.15. The summed E-state index contributed by atoms with van der Waals surface area (Å²) in [6.45, 7) is 0.184. The van der Waals surface area contributed by atoms with Gasteiger partial charge in [0.05, 0.1) is 29.8 Å². The number of ether oxygens (including phenoxy) is 1. The number of aliphatic imine (C=N–C) groups is 1. The van der Waals surface area contributed by atoms with Crippen LogP contribution in [0, 0.1) is 0 Å². The minimum absolute atomic E-state index is 0.00141. The van der Waals surface area contributed by atoms with Crippen molar-refractivity contribution in [3.8, 4) is 17.1 Å². The molecule has 1 aromatic heterocycles. The molecule has 0 bridgehead atoms. The van der Waals surface area contributed by atoms with Gasteiger partial charge in [0.1, 0.15) is 11.6 Å². The Morgan fingerprint density at radius 2 is 1.93 bits per heavy atom. The first-order chi connectivity index (χ1) is 14.3. The van der Waals surface area contributed by atoms with Gasteiger partial charge in [-0.2, -0.15) is 18.2 Å². The van der Waals surface area contributed by atoms with E-state index in [0.29, 0.717) is 5.75 Å². The summed E-state index contributed by atoms with van der Waals surface area (Å²) in [5.41, 5.74) is -0.689. The van der Waals surface area contributed by atoms with Crippen molar-refractivity contribution in [2.75, 3.05) is 14.2 Å². The topological polar surface area (TPSA) is 56.5 Å². The number of nitrogens with zero attached hydrogens (tertiary/aromatic N) is 3. The molecule has 0 spiro atoms. The summed E-state index contributed by atoms with van der Waals surface area (Å²) in [4.78, 5) is 20.3. The number of rotatable bonds is 5. The molecular weight excluding hydrogens is 419 g/mol. The lowest BCUT2D eigenvalue weighted by Gasteiger charge is -2.18. The van der Waals surface area contributed by atoms with Crippen LogP contribution in [0.4, 0.5) is 13.2 Å². The van der Waals surface area contributed by atoms with Crippen LogP contribution in [-0.2, 0) is 12.7 Å². The minimum Gasteiger partial charge on any atom is -0.496 e. The molecular formula is C21H17ClF3N3O2. The van der Waals surface area contributed by atoms with Gasteiger partial charge in [-0.1, -0.05) is 35.9 Å². The number of halogens is 4. The molecule has 1 heterocycles. The number of benzene rings is 2. The van der Waals surface area contributed by atoms with Crippen LogP contribution in [0.15, 0.2) is 58.4 Å². The van der Waals surface area contributed by atoms with Gasteiger partial charge in [0, 0.05) is 30.6 Å². The zero-order valence-corrected chi connectivity index (χ0v) is 16.8. The Kier molecular flexibility index (Phi) is 6.26. The number of hydrogen-bond acceptors (Lipinski definition) is 4. The van der Waals surface area contributed by atoms with E-state index < -0.39 is 22.3 Å². The van der Waals surface area contributed by atoms with Crippen molar-refractivity contribution >= 4 is 17.8 Å². The second-order valence-electron chi connectivity index (χ2n) is 6.32. The highest BCUT2D eigenvalue weighted by Gasteiger charge is 2.34. The molecule has 0 saturated heterocycles. The van der Waals surface area contributed by atoms with Crippen molar-refractivity contribution in [1.29, 1.82) is 0 Å². The summed E-state index contributed by atoms with van der Waals surface area (Å²) in [6, 6.07) is 10.7. The highest BCUT2D eigenvalue weighted by molar-refractivity contribution is 6.34. The first-order valence-electron chi connectivity index (χ1n) is 8.78. The molecule has 0 amide bonds. The van der Waals surface area contributed by atoms with Crippen LogP contribution in [0.5, 0.6) is 5.75 Å². The van der Waals surface area contributed by atoms with Crippen LogP contribution in [0.2, 0.25) is 5.02 Å². The summed E-state index contributed by atoms with van der Waals surface area (Å²) >= 11 is 6.09. The average molecular weight is 436 g/mol. The molecule has 30 heavy (non-hydrogen) atoms. The molecule has 156 valence electrons. The summed E-state index contributed by atoms with van der Waals surface area (Å²) in [6.07, 6.45) is -1.82. The van der Waals surface area contributed by atoms with Gasteiger partial charge < -0.3 is 9.30 Å². The van der Waals surface area contributed by atoms with Crippen molar-refractivity contribution in [2.45, 2.75) is 12.7 Å². The number of hydrogen-bond donors (Lipinski definition) is 0. The Labute approximate surface area is 175 Å². The fourth-order valence-electron chi connectivity index (χ4n) is 3.01. The zero-order chi connectivity index (χ0) is 21.9. The molecule has 0 atom stereocenters. The lowest BCUT2D eigenvalue weighted by Crippen LogP contribution is -2.20. The summed E-state index contributed by atoms with van der Waals surface area (Å²) < 4.78 is 46.9. The van der Waals surface area contributed by atoms with Crippen LogP contribution >= 0.6 is 11.6 Å². The highest BCUT2D eigenvalue weighted by Crippen LogP contribution is 2.39. The van der Waals surface area contributed by atoms with E-state index in [4.69, 9.17) is 16.3 Å². The molecule has 3 rings (SSSR count). The van der Waals surface area contributed by atoms with Crippen LogP contribution in [0.1, 0.15) is 16.7 Å². The van der Waals surface area contributed by atoms with Gasteiger partial charge in [-0.05, 0) is 18.2 Å². The average Bonchev–Trinajstić information content (AvgIpc) is 2.70. The number of para-hydroxylation sites is 1. The predicted octanol–water partition coefficient (Wildman–Crippen LogP) is 4.69. The molecule has 0 aliphatic carbocycles. The third kappa shape index (κ3) is 4.38. The Morgan fingerprint density at radius 3 is 2.60 bits per heavy atom. The van der Waals surface area contributed by atoms with Gasteiger partial charge in [0.25, 0.3) is 5.56 Å². The Hall–Kier alpha value is -3.13. The van der Waals surface area contributed by atoms with Crippen molar-refractivity contribution in [1.82, 2.24) is 9.55 Å². The molecule has 0 fully saturated rings. The van der Waals surface area contributed by atoms with Gasteiger partial charge in [0.15, 0.2) is 0 Å². The van der Waals surface area contributed by atoms with Crippen molar-refractivity contribution in [2.24, 2.45) is 4.99 Å². The summed E-state index contributed by atoms with van der Waals surface area (Å²) in [5, 5.41) is -0.525. The van der Waals surface area contributed by atoms with Crippen LogP contribution < -0.4 is 10.3 Å². The molecule has 2 aromatic carbocycles.